The second kappa shape index (κ2) is 7.64. The fourth-order valence-corrected chi connectivity index (χ4v) is 4.11. The third kappa shape index (κ3) is 3.81. The number of rotatable bonds is 4. The van der Waals surface area contributed by atoms with Gasteiger partial charge in [0.2, 0.25) is 0 Å². The molecule has 6 heteroatoms. The van der Waals surface area contributed by atoms with Crippen molar-refractivity contribution in [1.29, 1.82) is 0 Å². The van der Waals surface area contributed by atoms with E-state index in [4.69, 9.17) is 0 Å². The number of nitrogens with zero attached hydrogens (tertiary/aromatic N) is 2. The first-order valence-corrected chi connectivity index (χ1v) is 9.42. The lowest BCUT2D eigenvalue weighted by Gasteiger charge is -2.46. The maximum absolute atomic E-state index is 13.7. The number of benzene rings is 2. The second-order valence-electron chi connectivity index (χ2n) is 7.20. The molecule has 27 heavy (non-hydrogen) atoms. The van der Waals surface area contributed by atoms with Crippen molar-refractivity contribution in [3.63, 3.8) is 0 Å². The Hall–Kier alpha value is -2.47. The van der Waals surface area contributed by atoms with Crippen molar-refractivity contribution in [2.24, 2.45) is 0 Å². The Balaban J connectivity index is 1.29. The molecule has 1 amide bonds. The van der Waals surface area contributed by atoms with E-state index >= 15 is 0 Å². The molecule has 0 saturated carbocycles. The zero-order chi connectivity index (χ0) is 18.8. The summed E-state index contributed by atoms with van der Waals surface area (Å²) in [5, 5.41) is 2.74. The van der Waals surface area contributed by atoms with E-state index in [2.05, 4.69) is 39.4 Å². The topological polar surface area (TPSA) is 35.6 Å². The number of carbonyl (C=O) groups is 1. The lowest BCUT2D eigenvalue weighted by Crippen LogP contribution is -2.56. The van der Waals surface area contributed by atoms with Gasteiger partial charge in [-0.25, -0.2) is 8.78 Å². The second-order valence-corrected chi connectivity index (χ2v) is 7.20. The van der Waals surface area contributed by atoms with Crippen molar-refractivity contribution in [1.82, 2.24) is 10.2 Å². The minimum Gasteiger partial charge on any atom is -0.366 e. The first kappa shape index (κ1) is 17.9. The summed E-state index contributed by atoms with van der Waals surface area (Å²) in [6.07, 6.45) is 2.24. The summed E-state index contributed by atoms with van der Waals surface area (Å²) >= 11 is 0. The number of para-hydroxylation sites is 1. The van der Waals surface area contributed by atoms with E-state index in [1.54, 1.807) is 0 Å². The van der Waals surface area contributed by atoms with Crippen LogP contribution in [0.15, 0.2) is 42.5 Å². The van der Waals surface area contributed by atoms with Gasteiger partial charge in [0, 0.05) is 50.5 Å². The molecule has 2 aromatic rings. The fraction of sp³-hybridized carbons (Fsp3) is 0.381. The third-order valence-electron chi connectivity index (χ3n) is 5.50. The van der Waals surface area contributed by atoms with Crippen molar-refractivity contribution in [2.45, 2.75) is 18.9 Å². The number of nitrogens with one attached hydrogen (secondary N) is 1. The fourth-order valence-electron chi connectivity index (χ4n) is 4.11. The van der Waals surface area contributed by atoms with Crippen LogP contribution in [0.25, 0.3) is 0 Å². The SMILES string of the molecule is O=C(NCCN1CCN2c3ccccc3CCC2C1)c1ccc(F)cc1F. The zero-order valence-electron chi connectivity index (χ0n) is 15.1. The number of fused-ring (bicyclic) bond motifs is 3. The molecule has 0 aromatic heterocycles. The van der Waals surface area contributed by atoms with Crippen LogP contribution in [0.5, 0.6) is 0 Å². The molecule has 0 bridgehead atoms. The zero-order valence-corrected chi connectivity index (χ0v) is 15.1. The molecule has 1 unspecified atom stereocenters. The van der Waals surface area contributed by atoms with E-state index in [9.17, 15) is 13.6 Å². The van der Waals surface area contributed by atoms with Crippen molar-refractivity contribution in [3.8, 4) is 0 Å². The van der Waals surface area contributed by atoms with Gasteiger partial charge >= 0.3 is 0 Å². The molecular formula is C21H23F2N3O. The summed E-state index contributed by atoms with van der Waals surface area (Å²) in [6, 6.07) is 12.1. The number of anilines is 1. The normalized spacial score (nSPS) is 19.3. The van der Waals surface area contributed by atoms with Gasteiger partial charge < -0.3 is 10.2 Å². The molecule has 1 saturated heterocycles. The molecule has 0 radical (unpaired) electrons. The monoisotopic (exact) mass is 371 g/mol. The van der Waals surface area contributed by atoms with Crippen molar-refractivity contribution in [2.75, 3.05) is 37.6 Å². The van der Waals surface area contributed by atoms with Gasteiger partial charge in [0.15, 0.2) is 0 Å². The van der Waals surface area contributed by atoms with Crippen LogP contribution in [-0.4, -0.2) is 49.6 Å². The van der Waals surface area contributed by atoms with Crippen LogP contribution in [0.3, 0.4) is 0 Å². The molecule has 1 fully saturated rings. The number of aryl methyl sites for hydroxylation is 1. The van der Waals surface area contributed by atoms with Crippen LogP contribution < -0.4 is 10.2 Å². The molecule has 142 valence electrons. The van der Waals surface area contributed by atoms with Gasteiger partial charge in [-0.2, -0.15) is 0 Å². The highest BCUT2D eigenvalue weighted by molar-refractivity contribution is 5.94. The Morgan fingerprint density at radius 1 is 1.15 bits per heavy atom. The molecule has 2 heterocycles. The van der Waals surface area contributed by atoms with Crippen LogP contribution >= 0.6 is 0 Å². The number of hydrogen-bond acceptors (Lipinski definition) is 3. The maximum Gasteiger partial charge on any atom is 0.254 e. The first-order chi connectivity index (χ1) is 13.1. The van der Waals surface area contributed by atoms with Crippen LogP contribution in [0.4, 0.5) is 14.5 Å². The predicted molar refractivity (Wildman–Crippen MR) is 101 cm³/mol. The van der Waals surface area contributed by atoms with E-state index < -0.39 is 17.5 Å². The average Bonchev–Trinajstić information content (AvgIpc) is 2.67. The van der Waals surface area contributed by atoms with E-state index in [1.165, 1.54) is 17.3 Å². The molecule has 1 atom stereocenters. The Morgan fingerprint density at radius 2 is 2.00 bits per heavy atom. The number of halogens is 2. The smallest absolute Gasteiger partial charge is 0.254 e. The molecule has 4 nitrogen and oxygen atoms in total. The van der Waals surface area contributed by atoms with Gasteiger partial charge in [0.25, 0.3) is 5.91 Å². The number of hydrogen-bond donors (Lipinski definition) is 1. The summed E-state index contributed by atoms with van der Waals surface area (Å²) in [7, 11) is 0. The Morgan fingerprint density at radius 3 is 2.85 bits per heavy atom. The third-order valence-corrected chi connectivity index (χ3v) is 5.50. The lowest BCUT2D eigenvalue weighted by atomic mass is 9.94. The van der Waals surface area contributed by atoms with Gasteiger partial charge in [0.05, 0.1) is 5.56 Å². The number of carbonyl (C=O) groups excluding carboxylic acids is 1. The minimum atomic E-state index is -0.831. The molecule has 0 spiro atoms. The molecule has 2 aliphatic heterocycles. The van der Waals surface area contributed by atoms with Crippen molar-refractivity contribution < 1.29 is 13.6 Å². The van der Waals surface area contributed by atoms with E-state index in [0.29, 0.717) is 12.6 Å². The van der Waals surface area contributed by atoms with E-state index in [-0.39, 0.29) is 5.56 Å². The lowest BCUT2D eigenvalue weighted by molar-refractivity contribution is 0.0942. The van der Waals surface area contributed by atoms with Gasteiger partial charge in [-0.15, -0.1) is 0 Å². The molecular weight excluding hydrogens is 348 g/mol. The molecule has 0 aliphatic carbocycles. The summed E-state index contributed by atoms with van der Waals surface area (Å²) in [4.78, 5) is 16.9. The van der Waals surface area contributed by atoms with E-state index in [0.717, 1.165) is 51.2 Å². The Labute approximate surface area is 157 Å². The van der Waals surface area contributed by atoms with Gasteiger partial charge in [-0.1, -0.05) is 18.2 Å². The highest BCUT2D eigenvalue weighted by Crippen LogP contribution is 2.32. The molecule has 4 rings (SSSR count). The highest BCUT2D eigenvalue weighted by Gasteiger charge is 2.31. The molecule has 1 N–H and O–H groups in total. The first-order valence-electron chi connectivity index (χ1n) is 9.42. The van der Waals surface area contributed by atoms with Crippen LogP contribution in [0, 0.1) is 11.6 Å². The van der Waals surface area contributed by atoms with E-state index in [1.807, 2.05) is 0 Å². The van der Waals surface area contributed by atoms with Crippen LogP contribution in [0.2, 0.25) is 0 Å². The highest BCUT2D eigenvalue weighted by atomic mass is 19.1. The quantitative estimate of drug-likeness (QED) is 0.898. The number of amides is 1. The average molecular weight is 371 g/mol. The maximum atomic E-state index is 13.7. The predicted octanol–water partition coefficient (Wildman–Crippen LogP) is 2.83. The van der Waals surface area contributed by atoms with Gasteiger partial charge in [0.1, 0.15) is 11.6 Å². The standard InChI is InChI=1S/C21H23F2N3O/c22-16-6-8-18(19(23)13-16)21(27)24-9-10-25-11-12-26-17(14-25)7-5-15-3-1-2-4-20(15)26/h1-4,6,8,13,17H,5,7,9-12,14H2,(H,24,27). The number of piperazine rings is 1. The Bertz CT molecular complexity index is 842. The van der Waals surface area contributed by atoms with Crippen molar-refractivity contribution >= 4 is 11.6 Å². The van der Waals surface area contributed by atoms with Crippen molar-refractivity contribution in [3.05, 3.63) is 65.2 Å². The van der Waals surface area contributed by atoms with Crippen LogP contribution in [0.1, 0.15) is 22.3 Å². The Kier molecular flexibility index (Phi) is 5.07. The largest absolute Gasteiger partial charge is 0.366 e. The molecule has 2 aliphatic rings. The summed E-state index contributed by atoms with van der Waals surface area (Å²) in [5.74, 6) is -2.02. The minimum absolute atomic E-state index is 0.120. The summed E-state index contributed by atoms with van der Waals surface area (Å²) < 4.78 is 26.6. The van der Waals surface area contributed by atoms with Gasteiger partial charge in [-0.3, -0.25) is 9.69 Å². The van der Waals surface area contributed by atoms with Crippen LogP contribution in [-0.2, 0) is 6.42 Å². The summed E-state index contributed by atoms with van der Waals surface area (Å²) in [5.41, 5.74) is 2.66. The van der Waals surface area contributed by atoms with Gasteiger partial charge in [-0.05, 0) is 36.6 Å². The summed E-state index contributed by atoms with van der Waals surface area (Å²) in [6.45, 7) is 4.04. The molecule has 2 aromatic carbocycles.